The van der Waals surface area contributed by atoms with Crippen LogP contribution in [-0.4, -0.2) is 11.7 Å². The topological polar surface area (TPSA) is 32.3 Å². The maximum absolute atomic E-state index is 9.84. The summed E-state index contributed by atoms with van der Waals surface area (Å²) in [6.07, 6.45) is 8.35. The molecule has 0 unspecified atom stereocenters. The van der Waals surface area contributed by atoms with Gasteiger partial charge >= 0.3 is 0 Å². The van der Waals surface area contributed by atoms with Crippen molar-refractivity contribution in [3.05, 3.63) is 28.2 Å². The minimum atomic E-state index is 0.362. The largest absolute Gasteiger partial charge is 0.506 e. The summed E-state index contributed by atoms with van der Waals surface area (Å²) in [7, 11) is 0. The standard InChI is InChI=1S/C15H22BrNO/c16-14-9-3-8-13(15(14)18)11-17-10-4-7-12-5-1-2-6-12/h3,8-9,12,17-18H,1-2,4-7,10-11H2. The number of aromatic hydroxyl groups is 1. The van der Waals surface area contributed by atoms with Crippen LogP contribution >= 0.6 is 15.9 Å². The van der Waals surface area contributed by atoms with Gasteiger partial charge in [0, 0.05) is 12.1 Å². The number of hydrogen-bond donors (Lipinski definition) is 2. The van der Waals surface area contributed by atoms with E-state index in [4.69, 9.17) is 0 Å². The first kappa shape index (κ1) is 13.9. The molecule has 0 saturated heterocycles. The number of hydrogen-bond acceptors (Lipinski definition) is 2. The Labute approximate surface area is 118 Å². The number of phenols is 1. The van der Waals surface area contributed by atoms with Gasteiger partial charge in [0.2, 0.25) is 0 Å². The van der Waals surface area contributed by atoms with E-state index in [1.54, 1.807) is 0 Å². The summed E-state index contributed by atoms with van der Waals surface area (Å²) in [4.78, 5) is 0. The van der Waals surface area contributed by atoms with Gasteiger partial charge in [0.05, 0.1) is 4.47 Å². The second-order valence-electron chi connectivity index (χ2n) is 5.22. The highest BCUT2D eigenvalue weighted by atomic mass is 79.9. The van der Waals surface area contributed by atoms with Crippen molar-refractivity contribution < 1.29 is 5.11 Å². The Morgan fingerprint density at radius 1 is 1.28 bits per heavy atom. The summed E-state index contributed by atoms with van der Waals surface area (Å²) in [6, 6.07) is 5.78. The highest BCUT2D eigenvalue weighted by molar-refractivity contribution is 9.10. The average molecular weight is 312 g/mol. The Morgan fingerprint density at radius 2 is 2.06 bits per heavy atom. The molecule has 1 aromatic rings. The molecule has 2 N–H and O–H groups in total. The molecule has 0 radical (unpaired) electrons. The summed E-state index contributed by atoms with van der Waals surface area (Å²) < 4.78 is 0.771. The van der Waals surface area contributed by atoms with Crippen LogP contribution in [0.3, 0.4) is 0 Å². The van der Waals surface area contributed by atoms with Crippen molar-refractivity contribution in [1.82, 2.24) is 5.32 Å². The van der Waals surface area contributed by atoms with E-state index in [0.717, 1.165) is 29.0 Å². The van der Waals surface area contributed by atoms with Gasteiger partial charge in [0.25, 0.3) is 0 Å². The van der Waals surface area contributed by atoms with Crippen molar-refractivity contribution in [2.24, 2.45) is 5.92 Å². The van der Waals surface area contributed by atoms with E-state index < -0.39 is 0 Å². The maximum Gasteiger partial charge on any atom is 0.134 e. The van der Waals surface area contributed by atoms with E-state index in [1.165, 1.54) is 38.5 Å². The minimum absolute atomic E-state index is 0.362. The first-order chi connectivity index (χ1) is 8.77. The number of rotatable bonds is 6. The molecule has 18 heavy (non-hydrogen) atoms. The molecular weight excluding hydrogens is 290 g/mol. The molecule has 0 amide bonds. The maximum atomic E-state index is 9.84. The van der Waals surface area contributed by atoms with Crippen LogP contribution in [0.15, 0.2) is 22.7 Å². The van der Waals surface area contributed by atoms with E-state index >= 15 is 0 Å². The summed E-state index contributed by atoms with van der Waals surface area (Å²) in [5.74, 6) is 1.34. The summed E-state index contributed by atoms with van der Waals surface area (Å²) in [5, 5.41) is 13.3. The van der Waals surface area contributed by atoms with E-state index in [0.29, 0.717) is 5.75 Å². The summed E-state index contributed by atoms with van der Waals surface area (Å²) >= 11 is 3.34. The van der Waals surface area contributed by atoms with Crippen LogP contribution in [0.4, 0.5) is 0 Å². The van der Waals surface area contributed by atoms with Gasteiger partial charge in [-0.25, -0.2) is 0 Å². The van der Waals surface area contributed by atoms with Crippen molar-refractivity contribution in [3.8, 4) is 5.75 Å². The number of halogens is 1. The van der Waals surface area contributed by atoms with Crippen LogP contribution < -0.4 is 5.32 Å². The van der Waals surface area contributed by atoms with Gasteiger partial charge in [0.1, 0.15) is 5.75 Å². The SMILES string of the molecule is Oc1c(Br)cccc1CNCCCC1CCCC1. The molecule has 0 bridgehead atoms. The normalized spacial score (nSPS) is 16.3. The molecular formula is C15H22BrNO. The van der Waals surface area contributed by atoms with E-state index in [2.05, 4.69) is 21.2 Å². The fourth-order valence-corrected chi connectivity index (χ4v) is 3.15. The fraction of sp³-hybridized carbons (Fsp3) is 0.600. The Balaban J connectivity index is 1.64. The first-order valence-electron chi connectivity index (χ1n) is 6.94. The van der Waals surface area contributed by atoms with Crippen LogP contribution in [0, 0.1) is 5.92 Å². The molecule has 0 atom stereocenters. The molecule has 0 aliphatic heterocycles. The van der Waals surface area contributed by atoms with Gasteiger partial charge in [-0.15, -0.1) is 0 Å². The monoisotopic (exact) mass is 311 g/mol. The first-order valence-corrected chi connectivity index (χ1v) is 7.74. The molecule has 2 rings (SSSR count). The zero-order valence-electron chi connectivity index (χ0n) is 10.8. The molecule has 0 aromatic heterocycles. The van der Waals surface area contributed by atoms with Crippen LogP contribution in [0.1, 0.15) is 44.1 Å². The smallest absolute Gasteiger partial charge is 0.134 e. The van der Waals surface area contributed by atoms with Gasteiger partial charge in [-0.2, -0.15) is 0 Å². The molecule has 0 spiro atoms. The van der Waals surface area contributed by atoms with Crippen molar-refractivity contribution in [3.63, 3.8) is 0 Å². The molecule has 1 saturated carbocycles. The molecule has 0 heterocycles. The Bertz CT molecular complexity index is 375. The second-order valence-corrected chi connectivity index (χ2v) is 6.07. The predicted octanol–water partition coefficient (Wildman–Crippen LogP) is 4.21. The van der Waals surface area contributed by atoms with Crippen LogP contribution in [-0.2, 0) is 6.54 Å². The van der Waals surface area contributed by atoms with E-state index in [1.807, 2.05) is 18.2 Å². The summed E-state index contributed by atoms with van der Waals surface area (Å²) in [5.41, 5.74) is 0.963. The lowest BCUT2D eigenvalue weighted by Gasteiger charge is -2.10. The quantitative estimate of drug-likeness (QED) is 0.771. The highest BCUT2D eigenvalue weighted by Crippen LogP contribution is 2.29. The van der Waals surface area contributed by atoms with E-state index in [-0.39, 0.29) is 0 Å². The minimum Gasteiger partial charge on any atom is -0.506 e. The molecule has 1 fully saturated rings. The molecule has 3 heteroatoms. The molecule has 2 nitrogen and oxygen atoms in total. The lowest BCUT2D eigenvalue weighted by Crippen LogP contribution is -2.15. The molecule has 1 aromatic carbocycles. The zero-order valence-corrected chi connectivity index (χ0v) is 12.4. The fourth-order valence-electron chi connectivity index (χ4n) is 2.74. The second kappa shape index (κ2) is 7.15. The average Bonchev–Trinajstić information content (AvgIpc) is 2.87. The molecule has 1 aliphatic rings. The van der Waals surface area contributed by atoms with Crippen LogP contribution in [0.25, 0.3) is 0 Å². The van der Waals surface area contributed by atoms with Gasteiger partial charge in [0.15, 0.2) is 0 Å². The van der Waals surface area contributed by atoms with Crippen LogP contribution in [0.5, 0.6) is 5.75 Å². The third-order valence-electron chi connectivity index (χ3n) is 3.83. The summed E-state index contributed by atoms with van der Waals surface area (Å²) in [6.45, 7) is 1.79. The van der Waals surface area contributed by atoms with Crippen molar-refractivity contribution in [1.29, 1.82) is 0 Å². The lowest BCUT2D eigenvalue weighted by atomic mass is 10.0. The Hall–Kier alpha value is -0.540. The Morgan fingerprint density at radius 3 is 2.83 bits per heavy atom. The predicted molar refractivity (Wildman–Crippen MR) is 78.7 cm³/mol. The van der Waals surface area contributed by atoms with Crippen molar-refractivity contribution in [2.75, 3.05) is 6.54 Å². The molecule has 1 aliphatic carbocycles. The zero-order chi connectivity index (χ0) is 12.8. The third kappa shape index (κ3) is 3.99. The Kier molecular flexibility index (Phi) is 5.51. The van der Waals surface area contributed by atoms with Crippen molar-refractivity contribution >= 4 is 15.9 Å². The lowest BCUT2D eigenvalue weighted by molar-refractivity contribution is 0.453. The number of phenolic OH excluding ortho intramolecular Hbond substituents is 1. The highest BCUT2D eigenvalue weighted by Gasteiger charge is 2.13. The van der Waals surface area contributed by atoms with Crippen molar-refractivity contribution in [2.45, 2.75) is 45.1 Å². The number of para-hydroxylation sites is 1. The van der Waals surface area contributed by atoms with Crippen LogP contribution in [0.2, 0.25) is 0 Å². The molecule has 100 valence electrons. The number of nitrogens with one attached hydrogen (secondary N) is 1. The van der Waals surface area contributed by atoms with E-state index in [9.17, 15) is 5.11 Å². The van der Waals surface area contributed by atoms with Gasteiger partial charge in [-0.1, -0.05) is 37.8 Å². The number of benzene rings is 1. The van der Waals surface area contributed by atoms with Gasteiger partial charge < -0.3 is 10.4 Å². The third-order valence-corrected chi connectivity index (χ3v) is 4.47. The van der Waals surface area contributed by atoms with Gasteiger partial charge in [-0.3, -0.25) is 0 Å². The van der Waals surface area contributed by atoms with Gasteiger partial charge in [-0.05, 0) is 47.3 Å².